The fourth-order valence-electron chi connectivity index (χ4n) is 3.64. The summed E-state index contributed by atoms with van der Waals surface area (Å²) in [7, 11) is 0. The van der Waals surface area contributed by atoms with Gasteiger partial charge in [0.25, 0.3) is 0 Å². The summed E-state index contributed by atoms with van der Waals surface area (Å²) < 4.78 is 5.91. The van der Waals surface area contributed by atoms with Gasteiger partial charge in [-0.25, -0.2) is 4.98 Å². The van der Waals surface area contributed by atoms with Gasteiger partial charge in [-0.2, -0.15) is 0 Å². The first-order valence-electron chi connectivity index (χ1n) is 10.1. The van der Waals surface area contributed by atoms with Crippen molar-refractivity contribution in [1.29, 1.82) is 0 Å². The monoisotopic (exact) mass is 425 g/mol. The molecule has 2 atom stereocenters. The van der Waals surface area contributed by atoms with Crippen LogP contribution >= 0.6 is 11.6 Å². The SMILES string of the molecule is Cc1ccc(NC(=O)[C@H]2CCCN([C@@H](C)c3nnc(-c4cccc(Cl)c4)o3)C2)nc1. The lowest BCUT2D eigenvalue weighted by Crippen LogP contribution is -2.42. The predicted octanol–water partition coefficient (Wildman–Crippen LogP) is 4.51. The summed E-state index contributed by atoms with van der Waals surface area (Å²) in [5.74, 6) is 1.44. The molecule has 1 aromatic carbocycles. The van der Waals surface area contributed by atoms with E-state index in [1.165, 1.54) is 0 Å². The van der Waals surface area contributed by atoms with Crippen LogP contribution in [0.25, 0.3) is 11.5 Å². The van der Waals surface area contributed by atoms with Gasteiger partial charge in [0.2, 0.25) is 17.7 Å². The van der Waals surface area contributed by atoms with Crippen LogP contribution in [0.15, 0.2) is 47.0 Å². The van der Waals surface area contributed by atoms with Crippen molar-refractivity contribution in [1.82, 2.24) is 20.1 Å². The molecule has 4 rings (SSSR count). The third-order valence-corrected chi connectivity index (χ3v) is 5.64. The van der Waals surface area contributed by atoms with Crippen LogP contribution in [0.5, 0.6) is 0 Å². The zero-order valence-electron chi connectivity index (χ0n) is 17.0. The maximum absolute atomic E-state index is 12.7. The first-order valence-corrected chi connectivity index (χ1v) is 10.4. The molecule has 156 valence electrons. The second-order valence-electron chi connectivity index (χ2n) is 7.68. The van der Waals surface area contributed by atoms with E-state index < -0.39 is 0 Å². The number of aryl methyl sites for hydroxylation is 1. The molecule has 0 aliphatic carbocycles. The van der Waals surface area contributed by atoms with Gasteiger partial charge < -0.3 is 9.73 Å². The summed E-state index contributed by atoms with van der Waals surface area (Å²) in [5, 5.41) is 11.9. The molecular weight excluding hydrogens is 402 g/mol. The number of anilines is 1. The smallest absolute Gasteiger partial charge is 0.247 e. The van der Waals surface area contributed by atoms with Crippen molar-refractivity contribution >= 4 is 23.3 Å². The quantitative estimate of drug-likeness (QED) is 0.647. The van der Waals surface area contributed by atoms with Gasteiger partial charge in [-0.15, -0.1) is 10.2 Å². The molecule has 2 aromatic heterocycles. The molecule has 0 spiro atoms. The van der Waals surface area contributed by atoms with Crippen molar-refractivity contribution in [2.24, 2.45) is 5.92 Å². The van der Waals surface area contributed by atoms with E-state index in [9.17, 15) is 4.79 Å². The molecule has 1 amide bonds. The summed E-state index contributed by atoms with van der Waals surface area (Å²) in [4.78, 5) is 19.2. The number of benzene rings is 1. The number of hydrogen-bond donors (Lipinski definition) is 1. The summed E-state index contributed by atoms with van der Waals surface area (Å²) >= 11 is 6.06. The lowest BCUT2D eigenvalue weighted by atomic mass is 9.96. The molecule has 0 unspecified atom stereocenters. The molecule has 1 fully saturated rings. The second kappa shape index (κ2) is 8.93. The largest absolute Gasteiger partial charge is 0.419 e. The average Bonchev–Trinajstić information content (AvgIpc) is 3.25. The van der Waals surface area contributed by atoms with E-state index in [0.29, 0.717) is 29.2 Å². The maximum Gasteiger partial charge on any atom is 0.247 e. The maximum atomic E-state index is 12.7. The zero-order chi connectivity index (χ0) is 21.1. The number of piperidine rings is 1. The summed E-state index contributed by atoms with van der Waals surface area (Å²) in [5.41, 5.74) is 1.84. The van der Waals surface area contributed by atoms with Crippen LogP contribution in [0, 0.1) is 12.8 Å². The molecule has 1 N–H and O–H groups in total. The minimum atomic E-state index is -0.111. The number of likely N-dealkylation sites (tertiary alicyclic amines) is 1. The molecule has 3 aromatic rings. The van der Waals surface area contributed by atoms with Crippen LogP contribution in [-0.4, -0.2) is 39.1 Å². The Bertz CT molecular complexity index is 1020. The lowest BCUT2D eigenvalue weighted by Gasteiger charge is -2.34. The van der Waals surface area contributed by atoms with Gasteiger partial charge in [-0.1, -0.05) is 23.7 Å². The number of rotatable bonds is 5. The van der Waals surface area contributed by atoms with Crippen molar-refractivity contribution in [2.75, 3.05) is 18.4 Å². The number of halogens is 1. The van der Waals surface area contributed by atoms with Gasteiger partial charge >= 0.3 is 0 Å². The Morgan fingerprint density at radius 1 is 1.30 bits per heavy atom. The van der Waals surface area contributed by atoms with Crippen LogP contribution in [0.3, 0.4) is 0 Å². The number of hydrogen-bond acceptors (Lipinski definition) is 6. The number of nitrogens with one attached hydrogen (secondary N) is 1. The van der Waals surface area contributed by atoms with E-state index in [4.69, 9.17) is 16.0 Å². The van der Waals surface area contributed by atoms with Crippen LogP contribution in [0.4, 0.5) is 5.82 Å². The molecular formula is C22H24ClN5O2. The molecule has 7 nitrogen and oxygen atoms in total. The summed E-state index contributed by atoms with van der Waals surface area (Å²) in [6, 6.07) is 11.0. The summed E-state index contributed by atoms with van der Waals surface area (Å²) in [6.45, 7) is 5.50. The third-order valence-electron chi connectivity index (χ3n) is 5.40. The number of amides is 1. The number of pyridine rings is 1. The molecule has 0 saturated carbocycles. The highest BCUT2D eigenvalue weighted by molar-refractivity contribution is 6.30. The van der Waals surface area contributed by atoms with Crippen molar-refractivity contribution in [3.05, 3.63) is 59.1 Å². The molecule has 1 aliphatic heterocycles. The minimum absolute atomic E-state index is 0.00611. The average molecular weight is 426 g/mol. The standard InChI is InChI=1S/C22H24ClN5O2/c1-14-8-9-19(24-12-14)25-20(29)17-6-4-10-28(13-17)15(2)21-26-27-22(30-21)16-5-3-7-18(23)11-16/h3,5,7-9,11-12,15,17H,4,6,10,13H2,1-2H3,(H,24,25,29)/t15-,17-/m0/s1. The van der Waals surface area contributed by atoms with Crippen molar-refractivity contribution in [3.63, 3.8) is 0 Å². The topological polar surface area (TPSA) is 84.2 Å². The number of nitrogens with zero attached hydrogens (tertiary/aromatic N) is 4. The van der Waals surface area contributed by atoms with Crippen molar-refractivity contribution < 1.29 is 9.21 Å². The normalized spacial score (nSPS) is 18.2. The molecule has 8 heteroatoms. The van der Waals surface area contributed by atoms with Crippen LogP contribution < -0.4 is 5.32 Å². The number of aromatic nitrogens is 3. The lowest BCUT2D eigenvalue weighted by molar-refractivity contribution is -0.121. The first kappa shape index (κ1) is 20.5. The minimum Gasteiger partial charge on any atom is -0.419 e. The molecule has 1 saturated heterocycles. The molecule has 30 heavy (non-hydrogen) atoms. The van der Waals surface area contributed by atoms with Crippen molar-refractivity contribution in [3.8, 4) is 11.5 Å². The van der Waals surface area contributed by atoms with Gasteiger partial charge in [0, 0.05) is 23.3 Å². The predicted molar refractivity (Wildman–Crippen MR) is 115 cm³/mol. The van der Waals surface area contributed by atoms with Crippen LogP contribution in [0.2, 0.25) is 5.02 Å². The van der Waals surface area contributed by atoms with E-state index in [-0.39, 0.29) is 17.9 Å². The van der Waals surface area contributed by atoms with Crippen molar-refractivity contribution in [2.45, 2.75) is 32.7 Å². The Kier molecular flexibility index (Phi) is 6.11. The van der Waals surface area contributed by atoms with Crippen LogP contribution in [-0.2, 0) is 4.79 Å². The Hall–Kier alpha value is -2.77. The Morgan fingerprint density at radius 2 is 2.17 bits per heavy atom. The number of carbonyl (C=O) groups excluding carboxylic acids is 1. The highest BCUT2D eigenvalue weighted by Crippen LogP contribution is 2.29. The Labute approximate surface area is 180 Å². The fourth-order valence-corrected chi connectivity index (χ4v) is 3.83. The van der Waals surface area contributed by atoms with E-state index in [0.717, 1.165) is 30.5 Å². The molecule has 3 heterocycles. The van der Waals surface area contributed by atoms with E-state index in [1.54, 1.807) is 18.3 Å². The molecule has 1 aliphatic rings. The van der Waals surface area contributed by atoms with Gasteiger partial charge in [0.15, 0.2) is 0 Å². The molecule has 0 bridgehead atoms. The van der Waals surface area contributed by atoms with E-state index in [1.807, 2.05) is 38.1 Å². The fraction of sp³-hybridized carbons (Fsp3) is 0.364. The Morgan fingerprint density at radius 3 is 2.93 bits per heavy atom. The summed E-state index contributed by atoms with van der Waals surface area (Å²) in [6.07, 6.45) is 3.52. The van der Waals surface area contributed by atoms with Gasteiger partial charge in [-0.3, -0.25) is 9.69 Å². The van der Waals surface area contributed by atoms with Gasteiger partial charge in [0.1, 0.15) is 5.82 Å². The molecule has 0 radical (unpaired) electrons. The third kappa shape index (κ3) is 4.68. The van der Waals surface area contributed by atoms with Crippen LogP contribution in [0.1, 0.15) is 37.3 Å². The van der Waals surface area contributed by atoms with E-state index in [2.05, 4.69) is 25.4 Å². The number of carbonyl (C=O) groups is 1. The van der Waals surface area contributed by atoms with Gasteiger partial charge in [0.05, 0.1) is 12.0 Å². The second-order valence-corrected chi connectivity index (χ2v) is 8.11. The van der Waals surface area contributed by atoms with E-state index >= 15 is 0 Å². The highest BCUT2D eigenvalue weighted by atomic mass is 35.5. The first-order chi connectivity index (χ1) is 14.5. The highest BCUT2D eigenvalue weighted by Gasteiger charge is 2.31. The van der Waals surface area contributed by atoms with Gasteiger partial charge in [-0.05, 0) is 63.1 Å². The Balaban J connectivity index is 1.41. The zero-order valence-corrected chi connectivity index (χ0v) is 17.8.